The van der Waals surface area contributed by atoms with Gasteiger partial charge in [0.05, 0.1) is 39.5 Å². The largest absolute Gasteiger partial charge is 0.461 e. The molecule has 1 rings (SSSR count). The van der Waals surface area contributed by atoms with Crippen molar-refractivity contribution in [2.75, 3.05) is 79.1 Å². The minimum atomic E-state index is -2.97. The van der Waals surface area contributed by atoms with Crippen LogP contribution in [-0.4, -0.2) is 149 Å². The van der Waals surface area contributed by atoms with E-state index < -0.39 is 52.2 Å². The van der Waals surface area contributed by atoms with Crippen LogP contribution in [0.3, 0.4) is 0 Å². The zero-order valence-corrected chi connectivity index (χ0v) is 40.7. The van der Waals surface area contributed by atoms with E-state index in [9.17, 15) is 28.8 Å². The molecule has 2 unspecified atom stereocenters. The van der Waals surface area contributed by atoms with Gasteiger partial charge in [-0.3, -0.25) is 14.4 Å². The zero-order chi connectivity index (χ0) is 45.6. The summed E-state index contributed by atoms with van der Waals surface area (Å²) in [6, 6.07) is 1.81. The van der Waals surface area contributed by atoms with Crippen LogP contribution in [0.2, 0.25) is 50.9 Å². The van der Waals surface area contributed by atoms with E-state index in [0.29, 0.717) is 57.2 Å². The van der Waals surface area contributed by atoms with Crippen LogP contribution in [0.25, 0.3) is 0 Å². The molecule has 1 saturated heterocycles. The third kappa shape index (κ3) is 28.0. The lowest BCUT2D eigenvalue weighted by Gasteiger charge is -2.49. The summed E-state index contributed by atoms with van der Waals surface area (Å²) < 4.78 is 59.8. The average molecular weight is 936 g/mol. The second-order valence-electron chi connectivity index (χ2n) is 14.8. The molecule has 19 nitrogen and oxygen atoms in total. The van der Waals surface area contributed by atoms with Crippen LogP contribution in [0, 0.1) is 0 Å². The van der Waals surface area contributed by atoms with Crippen molar-refractivity contribution in [1.82, 2.24) is 16.0 Å². The van der Waals surface area contributed by atoms with Gasteiger partial charge in [0.1, 0.15) is 19.8 Å². The van der Waals surface area contributed by atoms with Crippen LogP contribution in [0.5, 0.6) is 0 Å². The Hall–Kier alpha value is -3.37. The summed E-state index contributed by atoms with van der Waals surface area (Å²) in [6.07, 6.45) is 5.51. The molecule has 0 aromatic heterocycles. The molecule has 0 radical (unpaired) electrons. The van der Waals surface area contributed by atoms with Gasteiger partial charge in [-0.25, -0.2) is 14.4 Å². The molecule has 1 aliphatic rings. The van der Waals surface area contributed by atoms with Crippen molar-refractivity contribution in [1.29, 1.82) is 0 Å². The van der Waals surface area contributed by atoms with E-state index in [0.717, 1.165) is 18.2 Å². The van der Waals surface area contributed by atoms with Gasteiger partial charge in [-0.2, -0.15) is 0 Å². The minimum Gasteiger partial charge on any atom is -0.461 e. The first-order valence-electron chi connectivity index (χ1n) is 20.6. The van der Waals surface area contributed by atoms with Crippen LogP contribution in [-0.2, 0) is 73.6 Å². The third-order valence-electron chi connectivity index (χ3n) is 8.47. The Morgan fingerprint density at radius 2 is 0.721 bits per heavy atom. The quantitative estimate of drug-likeness (QED) is 0.0282. The van der Waals surface area contributed by atoms with Crippen LogP contribution >= 0.6 is 0 Å². The Balaban J connectivity index is 2.78. The first kappa shape index (κ1) is 55.6. The predicted octanol–water partition coefficient (Wildman–Crippen LogP) is 2.91. The monoisotopic (exact) mass is 935 g/mol. The molecule has 0 aromatic carbocycles. The van der Waals surface area contributed by atoms with Crippen LogP contribution in [0.1, 0.15) is 38.5 Å². The summed E-state index contributed by atoms with van der Waals surface area (Å²) in [5.41, 5.74) is 0. The van der Waals surface area contributed by atoms with Gasteiger partial charge in [0.2, 0.25) is 17.7 Å². The lowest BCUT2D eigenvalue weighted by molar-refractivity contribution is -0.138. The zero-order valence-electron chi connectivity index (χ0n) is 36.7. The molecule has 1 fully saturated rings. The van der Waals surface area contributed by atoms with Gasteiger partial charge in [0, 0.05) is 57.3 Å². The highest BCUT2D eigenvalue weighted by Crippen LogP contribution is 2.37. The maximum absolute atomic E-state index is 12.2. The van der Waals surface area contributed by atoms with Crippen molar-refractivity contribution in [2.24, 2.45) is 0 Å². The number of carbonyl (C=O) groups is 6. The molecule has 3 N–H and O–H groups in total. The van der Waals surface area contributed by atoms with Crippen molar-refractivity contribution in [3.8, 4) is 0 Å². The van der Waals surface area contributed by atoms with Gasteiger partial charge in [-0.05, 0) is 70.1 Å². The third-order valence-corrected chi connectivity index (χ3v) is 26.6. The highest BCUT2D eigenvalue weighted by Gasteiger charge is 2.55. The molecular weight excluding hydrogens is 867 g/mol. The topological polar surface area (TPSA) is 231 Å². The van der Waals surface area contributed by atoms with E-state index in [1.165, 1.54) is 0 Å². The number of nitrogens with one attached hydrogen (secondary N) is 3. The van der Waals surface area contributed by atoms with Gasteiger partial charge in [-0.1, -0.05) is 19.7 Å². The molecule has 23 heteroatoms. The van der Waals surface area contributed by atoms with Crippen molar-refractivity contribution in [2.45, 2.75) is 89.4 Å². The summed E-state index contributed by atoms with van der Waals surface area (Å²) in [6.45, 7) is 22.6. The van der Waals surface area contributed by atoms with E-state index in [4.69, 9.17) is 44.9 Å². The van der Waals surface area contributed by atoms with Gasteiger partial charge in [0.25, 0.3) is 0 Å². The van der Waals surface area contributed by atoms with E-state index in [2.05, 4.69) is 35.7 Å². The van der Waals surface area contributed by atoms with E-state index in [1.807, 2.05) is 32.7 Å². The van der Waals surface area contributed by atoms with E-state index >= 15 is 0 Å². The maximum atomic E-state index is 12.2. The van der Waals surface area contributed by atoms with Crippen molar-refractivity contribution in [3.63, 3.8) is 0 Å². The molecule has 0 saturated carbocycles. The molecule has 1 heterocycles. The first-order chi connectivity index (χ1) is 28.9. The number of amides is 3. The van der Waals surface area contributed by atoms with Gasteiger partial charge in [0.15, 0.2) is 0 Å². The van der Waals surface area contributed by atoms with Crippen molar-refractivity contribution < 1.29 is 73.6 Å². The highest BCUT2D eigenvalue weighted by atomic mass is 28.5. The minimum absolute atomic E-state index is 0.0497. The SMILES string of the molecule is C=CC(=O)OCCNC(=O)CCOCCC[Si]1(C)O[Si](C)(C)O[Si](C)(CCCOCCC(=O)NCCOC(=O)C=C)O[Si](C)(CCCOCCC(=O)NCCOC(=O)C=C)O1. The Morgan fingerprint density at radius 3 is 1.00 bits per heavy atom. The fraction of sp³-hybridized carbons (Fsp3) is 0.684. The number of carbonyl (C=O) groups excluding carboxylic acids is 6. The standard InChI is InChI=1S/C38H69N3O16Si4/c1-9-36(45)51-27-18-39-33(42)15-24-48-21-12-30-59(6)54-58(4,5)55-60(7,31-13-22-49-25-16-34(43)40-19-28-52-37(46)10-2)57-61(8,56-59)32-14-23-50-26-17-35(44)41-20-29-53-38(47)11-3/h9-11H,1-3,12-32H2,4-8H3,(H,39,42)(H,40,43)(H,41,44). The summed E-state index contributed by atoms with van der Waals surface area (Å²) in [5.74, 6) is -2.31. The fourth-order valence-electron chi connectivity index (χ4n) is 6.10. The Bertz CT molecular complexity index is 1360. The number of hydrogen-bond acceptors (Lipinski definition) is 16. The maximum Gasteiger partial charge on any atom is 0.330 e. The summed E-state index contributed by atoms with van der Waals surface area (Å²) >= 11 is 0. The van der Waals surface area contributed by atoms with E-state index in [1.54, 1.807) is 0 Å². The lowest BCUT2D eigenvalue weighted by atomic mass is 10.4. The smallest absolute Gasteiger partial charge is 0.330 e. The van der Waals surface area contributed by atoms with Gasteiger partial charge >= 0.3 is 52.2 Å². The second kappa shape index (κ2) is 30.6. The molecule has 0 spiro atoms. The molecule has 0 aromatic rings. The number of rotatable bonds is 33. The molecule has 3 amide bonds. The Kier molecular flexibility index (Phi) is 27.9. The predicted molar refractivity (Wildman–Crippen MR) is 234 cm³/mol. The number of hydrogen-bond donors (Lipinski definition) is 3. The number of ether oxygens (including phenoxy) is 6. The van der Waals surface area contributed by atoms with Crippen LogP contribution < -0.4 is 16.0 Å². The van der Waals surface area contributed by atoms with Crippen LogP contribution in [0.4, 0.5) is 0 Å². The summed E-state index contributed by atoms with van der Waals surface area (Å²) in [4.78, 5) is 69.8. The van der Waals surface area contributed by atoms with Gasteiger partial charge in [-0.15, -0.1) is 0 Å². The highest BCUT2D eigenvalue weighted by molar-refractivity contribution is 6.93. The normalized spacial score (nSPS) is 20.8. The molecule has 0 bridgehead atoms. The van der Waals surface area contributed by atoms with E-state index in [-0.39, 0.29) is 96.3 Å². The van der Waals surface area contributed by atoms with Gasteiger partial charge < -0.3 is 60.8 Å². The molecular formula is C38H69N3O16Si4. The molecule has 1 aliphatic heterocycles. The molecule has 0 aliphatic carbocycles. The summed E-state index contributed by atoms with van der Waals surface area (Å²) in [7, 11) is -11.5. The fourth-order valence-corrected chi connectivity index (χ4v) is 28.7. The molecule has 348 valence electrons. The number of esters is 3. The Morgan fingerprint density at radius 1 is 0.443 bits per heavy atom. The molecule has 61 heavy (non-hydrogen) atoms. The first-order valence-corrected chi connectivity index (χ1v) is 31.0. The van der Waals surface area contributed by atoms with Crippen LogP contribution in [0.15, 0.2) is 38.0 Å². The molecule has 2 atom stereocenters. The average Bonchev–Trinajstić information content (AvgIpc) is 3.19. The lowest BCUT2D eigenvalue weighted by Crippen LogP contribution is -2.66. The Labute approximate surface area is 364 Å². The second-order valence-corrected chi connectivity index (χ2v) is 29.1. The van der Waals surface area contributed by atoms with Crippen molar-refractivity contribution >= 4 is 69.9 Å². The summed E-state index contributed by atoms with van der Waals surface area (Å²) in [5, 5.41) is 8.03. The van der Waals surface area contributed by atoms with Crippen molar-refractivity contribution in [3.05, 3.63) is 38.0 Å².